The molecular formula is C21H26N3O4S+. The minimum Gasteiger partial charge on any atom is -0.490 e. The van der Waals surface area contributed by atoms with Gasteiger partial charge in [0.2, 0.25) is 0 Å². The lowest BCUT2D eigenvalue weighted by molar-refractivity contribution is -0.885. The van der Waals surface area contributed by atoms with Crippen molar-refractivity contribution in [3.05, 3.63) is 47.5 Å². The minimum atomic E-state index is -0.0870. The van der Waals surface area contributed by atoms with Crippen LogP contribution in [0.25, 0.3) is 10.6 Å². The zero-order chi connectivity index (χ0) is 20.6. The molecule has 0 bridgehead atoms. The Bertz CT molecular complexity index is 924. The predicted octanol–water partition coefficient (Wildman–Crippen LogP) is 2.85. The molecule has 0 fully saturated rings. The Morgan fingerprint density at radius 2 is 1.97 bits per heavy atom. The maximum atomic E-state index is 12.4. The first-order valence-electron chi connectivity index (χ1n) is 9.59. The number of carbonyl (C=O) groups is 1. The molecule has 1 atom stereocenters. The Hall–Kier alpha value is -2.84. The summed E-state index contributed by atoms with van der Waals surface area (Å²) in [7, 11) is 1.95. The van der Waals surface area contributed by atoms with E-state index in [2.05, 4.69) is 10.5 Å². The van der Waals surface area contributed by atoms with Crippen molar-refractivity contribution in [3.8, 4) is 22.1 Å². The van der Waals surface area contributed by atoms with Crippen LogP contribution in [0.1, 0.15) is 19.5 Å². The number of rotatable bonds is 10. The Labute approximate surface area is 174 Å². The Morgan fingerprint density at radius 1 is 1.17 bits per heavy atom. The molecule has 1 aromatic carbocycles. The second kappa shape index (κ2) is 10.1. The molecule has 0 saturated carbocycles. The van der Waals surface area contributed by atoms with Crippen LogP contribution in [0, 0.1) is 0 Å². The summed E-state index contributed by atoms with van der Waals surface area (Å²) < 4.78 is 16.6. The monoisotopic (exact) mass is 416 g/mol. The minimum absolute atomic E-state index is 0.0870. The first-order chi connectivity index (χ1) is 14.1. The van der Waals surface area contributed by atoms with Crippen molar-refractivity contribution in [2.75, 3.05) is 32.1 Å². The lowest BCUT2D eigenvalue weighted by Crippen LogP contribution is -3.08. The first-order valence-corrected chi connectivity index (χ1v) is 10.5. The highest BCUT2D eigenvalue weighted by Gasteiger charge is 2.15. The second-order valence-corrected chi connectivity index (χ2v) is 7.49. The average Bonchev–Trinajstić information content (AvgIpc) is 3.35. The Kier molecular flexibility index (Phi) is 7.26. The molecule has 1 amide bonds. The Balaban J connectivity index is 1.55. The normalized spacial score (nSPS) is 11.8. The highest BCUT2D eigenvalue weighted by molar-refractivity contribution is 7.13. The quantitative estimate of drug-likeness (QED) is 0.531. The van der Waals surface area contributed by atoms with Crippen LogP contribution in [-0.4, -0.2) is 37.9 Å². The molecule has 7 nitrogen and oxygen atoms in total. The van der Waals surface area contributed by atoms with E-state index in [1.54, 1.807) is 17.4 Å². The summed E-state index contributed by atoms with van der Waals surface area (Å²) in [5.74, 6) is 1.96. The average molecular weight is 417 g/mol. The molecule has 154 valence electrons. The lowest BCUT2D eigenvalue weighted by atomic mass is 10.2. The predicted molar refractivity (Wildman–Crippen MR) is 113 cm³/mol. The number of benzene rings is 1. The fourth-order valence-corrected chi connectivity index (χ4v) is 3.58. The fourth-order valence-electron chi connectivity index (χ4n) is 2.91. The highest BCUT2D eigenvalue weighted by atomic mass is 32.1. The SMILES string of the molecule is CCOc1ccc(NC(=O)C[NH+](C)Cc2cc(-c3cccs3)on2)cc1OCC. The molecule has 0 saturated heterocycles. The third-order valence-electron chi connectivity index (χ3n) is 4.10. The maximum Gasteiger partial charge on any atom is 0.279 e. The van der Waals surface area contributed by atoms with Crippen molar-refractivity contribution >= 4 is 22.9 Å². The first kappa shape index (κ1) is 20.9. The summed E-state index contributed by atoms with van der Waals surface area (Å²) >= 11 is 1.60. The molecule has 0 aliphatic carbocycles. The van der Waals surface area contributed by atoms with E-state index < -0.39 is 0 Å². The molecule has 0 aliphatic rings. The van der Waals surface area contributed by atoms with Crippen molar-refractivity contribution in [1.29, 1.82) is 0 Å². The van der Waals surface area contributed by atoms with Gasteiger partial charge in [0.25, 0.3) is 5.91 Å². The van der Waals surface area contributed by atoms with Crippen molar-refractivity contribution in [2.45, 2.75) is 20.4 Å². The lowest BCUT2D eigenvalue weighted by Gasteiger charge is -2.14. The van der Waals surface area contributed by atoms with Gasteiger partial charge in [-0.1, -0.05) is 11.2 Å². The van der Waals surface area contributed by atoms with E-state index in [0.717, 1.165) is 21.2 Å². The number of nitrogens with one attached hydrogen (secondary N) is 2. The second-order valence-electron chi connectivity index (χ2n) is 6.55. The van der Waals surface area contributed by atoms with Crippen LogP contribution in [0.3, 0.4) is 0 Å². The van der Waals surface area contributed by atoms with Crippen LogP contribution < -0.4 is 19.7 Å². The molecule has 2 aromatic heterocycles. The topological polar surface area (TPSA) is 78.0 Å². The van der Waals surface area contributed by atoms with Gasteiger partial charge >= 0.3 is 0 Å². The van der Waals surface area contributed by atoms with Gasteiger partial charge in [0.1, 0.15) is 12.2 Å². The number of likely N-dealkylation sites (N-methyl/N-ethyl adjacent to an activating group) is 1. The van der Waals surface area contributed by atoms with Gasteiger partial charge in [-0.05, 0) is 37.4 Å². The third-order valence-corrected chi connectivity index (χ3v) is 4.98. The van der Waals surface area contributed by atoms with Crippen molar-refractivity contribution in [2.24, 2.45) is 0 Å². The molecular weight excluding hydrogens is 390 g/mol. The fraction of sp³-hybridized carbons (Fsp3) is 0.333. The van der Waals surface area contributed by atoms with Crippen LogP contribution in [0.15, 0.2) is 46.3 Å². The van der Waals surface area contributed by atoms with Crippen molar-refractivity contribution < 1.29 is 23.7 Å². The Morgan fingerprint density at radius 3 is 2.69 bits per heavy atom. The molecule has 3 aromatic rings. The number of anilines is 1. The van der Waals surface area contributed by atoms with Crippen LogP contribution in [-0.2, 0) is 11.3 Å². The maximum absolute atomic E-state index is 12.4. The summed E-state index contributed by atoms with van der Waals surface area (Å²) in [6.07, 6.45) is 0. The molecule has 3 rings (SSSR count). The summed E-state index contributed by atoms with van der Waals surface area (Å²) in [4.78, 5) is 14.5. The molecule has 0 aliphatic heterocycles. The third kappa shape index (κ3) is 5.82. The number of ether oxygens (including phenoxy) is 2. The number of thiophene rings is 1. The van der Waals surface area contributed by atoms with E-state index in [-0.39, 0.29) is 5.91 Å². The number of carbonyl (C=O) groups excluding carboxylic acids is 1. The molecule has 0 spiro atoms. The molecule has 2 heterocycles. The van der Waals surface area contributed by atoms with Crippen molar-refractivity contribution in [1.82, 2.24) is 5.16 Å². The van der Waals surface area contributed by atoms with Crippen LogP contribution in [0.5, 0.6) is 11.5 Å². The molecule has 0 radical (unpaired) electrons. The molecule has 2 N–H and O–H groups in total. The summed E-state index contributed by atoms with van der Waals surface area (Å²) in [6.45, 7) is 5.80. The van der Waals surface area contributed by atoms with Gasteiger partial charge in [-0.3, -0.25) is 4.79 Å². The van der Waals surface area contributed by atoms with Gasteiger partial charge in [-0.2, -0.15) is 0 Å². The van der Waals surface area contributed by atoms with E-state index in [1.807, 2.05) is 56.6 Å². The number of aromatic nitrogens is 1. The van der Waals surface area contributed by atoms with E-state index in [0.29, 0.717) is 43.5 Å². The number of hydrogen-bond acceptors (Lipinski definition) is 6. The standard InChI is InChI=1S/C21H25N3O4S/c1-4-26-17-9-8-15(11-18(17)27-5-2)22-21(25)14-24(3)13-16-12-19(28-23-16)20-7-6-10-29-20/h6-12H,4-5,13-14H2,1-3H3,(H,22,25)/p+1. The molecule has 8 heteroatoms. The van der Waals surface area contributed by atoms with E-state index in [9.17, 15) is 4.79 Å². The number of amides is 1. The van der Waals surface area contributed by atoms with Crippen LogP contribution >= 0.6 is 11.3 Å². The van der Waals surface area contributed by atoms with Gasteiger partial charge in [-0.15, -0.1) is 11.3 Å². The largest absolute Gasteiger partial charge is 0.490 e. The smallest absolute Gasteiger partial charge is 0.279 e. The van der Waals surface area contributed by atoms with Crippen molar-refractivity contribution in [3.63, 3.8) is 0 Å². The van der Waals surface area contributed by atoms with Gasteiger partial charge in [0.15, 0.2) is 23.8 Å². The zero-order valence-electron chi connectivity index (χ0n) is 16.9. The summed E-state index contributed by atoms with van der Waals surface area (Å²) in [5, 5.41) is 9.03. The van der Waals surface area contributed by atoms with Gasteiger partial charge in [0.05, 0.1) is 25.1 Å². The van der Waals surface area contributed by atoms with E-state index in [4.69, 9.17) is 14.0 Å². The van der Waals surface area contributed by atoms with Gasteiger partial charge < -0.3 is 24.2 Å². The molecule has 29 heavy (non-hydrogen) atoms. The van der Waals surface area contributed by atoms with Gasteiger partial charge in [0, 0.05) is 17.8 Å². The number of hydrogen-bond donors (Lipinski definition) is 2. The van der Waals surface area contributed by atoms with E-state index in [1.165, 1.54) is 0 Å². The van der Waals surface area contributed by atoms with Crippen LogP contribution in [0.4, 0.5) is 5.69 Å². The van der Waals surface area contributed by atoms with Gasteiger partial charge in [-0.25, -0.2) is 0 Å². The number of quaternary nitrogens is 1. The molecule has 1 unspecified atom stereocenters. The number of nitrogens with zero attached hydrogens (tertiary/aromatic N) is 1. The highest BCUT2D eigenvalue weighted by Crippen LogP contribution is 2.30. The zero-order valence-corrected chi connectivity index (χ0v) is 17.7. The van der Waals surface area contributed by atoms with E-state index >= 15 is 0 Å². The summed E-state index contributed by atoms with van der Waals surface area (Å²) in [6, 6.07) is 11.3. The summed E-state index contributed by atoms with van der Waals surface area (Å²) in [5.41, 5.74) is 1.49. The van der Waals surface area contributed by atoms with Crippen LogP contribution in [0.2, 0.25) is 0 Å².